The summed E-state index contributed by atoms with van der Waals surface area (Å²) >= 11 is 0. The van der Waals surface area contributed by atoms with Gasteiger partial charge in [-0.3, -0.25) is 0 Å². The number of aromatic amines is 1. The lowest BCUT2D eigenvalue weighted by Gasteiger charge is -2.26. The van der Waals surface area contributed by atoms with Crippen LogP contribution in [0, 0.1) is 0 Å². The van der Waals surface area contributed by atoms with Gasteiger partial charge in [-0.15, -0.1) is 0 Å². The Balaban J connectivity index is 1.26. The summed E-state index contributed by atoms with van der Waals surface area (Å²) in [5.74, 6) is 0. The highest BCUT2D eigenvalue weighted by atomic mass is 15.1. The number of nitrogens with one attached hydrogen (secondary N) is 1. The number of H-pyrrole nitrogens is 1. The zero-order valence-electron chi connectivity index (χ0n) is 24.6. The minimum Gasteiger partial charge on any atom is -0.353 e. The van der Waals surface area contributed by atoms with Crippen LogP contribution in [0.2, 0.25) is 0 Å². The quantitative estimate of drug-likeness (QED) is 0.217. The second-order valence-corrected chi connectivity index (χ2v) is 11.5. The van der Waals surface area contributed by atoms with Crippen LogP contribution in [0.4, 0.5) is 17.1 Å². The second-order valence-electron chi connectivity index (χ2n) is 11.5. The average molecular weight is 576 g/mol. The van der Waals surface area contributed by atoms with Gasteiger partial charge in [-0.2, -0.15) is 0 Å². The molecule has 3 heteroatoms. The molecule has 9 rings (SSSR count). The minimum absolute atomic E-state index is 1.11. The second kappa shape index (κ2) is 10.3. The molecule has 0 amide bonds. The van der Waals surface area contributed by atoms with Crippen molar-refractivity contribution in [1.82, 2.24) is 9.55 Å². The molecule has 0 fully saturated rings. The highest BCUT2D eigenvalue weighted by Gasteiger charge is 2.19. The molecule has 0 radical (unpaired) electrons. The Labute approximate surface area is 261 Å². The van der Waals surface area contributed by atoms with E-state index >= 15 is 0 Å². The van der Waals surface area contributed by atoms with Gasteiger partial charge in [0.2, 0.25) is 0 Å². The van der Waals surface area contributed by atoms with E-state index in [9.17, 15) is 0 Å². The number of hydrogen-bond acceptors (Lipinski definition) is 1. The van der Waals surface area contributed by atoms with Crippen LogP contribution in [0.25, 0.3) is 60.4 Å². The molecular formula is C42H29N3. The third-order valence-electron chi connectivity index (χ3n) is 8.90. The predicted molar refractivity (Wildman–Crippen MR) is 190 cm³/mol. The maximum Gasteiger partial charge on any atom is 0.0710 e. The van der Waals surface area contributed by atoms with Crippen LogP contribution in [-0.4, -0.2) is 9.55 Å². The fourth-order valence-corrected chi connectivity index (χ4v) is 6.86. The van der Waals surface area contributed by atoms with Gasteiger partial charge in [0.15, 0.2) is 0 Å². The van der Waals surface area contributed by atoms with Crippen LogP contribution < -0.4 is 4.90 Å². The molecule has 9 aromatic rings. The first-order chi connectivity index (χ1) is 22.3. The Morgan fingerprint density at radius 3 is 1.58 bits per heavy atom. The van der Waals surface area contributed by atoms with Crippen LogP contribution in [-0.2, 0) is 0 Å². The van der Waals surface area contributed by atoms with Crippen LogP contribution in [0.3, 0.4) is 0 Å². The molecule has 0 saturated heterocycles. The number of nitrogens with zero attached hydrogens (tertiary/aromatic N) is 2. The number of fused-ring (bicyclic) bond motifs is 6. The largest absolute Gasteiger partial charge is 0.353 e. The van der Waals surface area contributed by atoms with Gasteiger partial charge in [-0.1, -0.05) is 103 Å². The summed E-state index contributed by atoms with van der Waals surface area (Å²) in [5, 5.41) is 4.97. The van der Waals surface area contributed by atoms with Crippen LogP contribution in [0.1, 0.15) is 0 Å². The number of benzene rings is 7. The lowest BCUT2D eigenvalue weighted by atomic mass is 10.00. The van der Waals surface area contributed by atoms with Gasteiger partial charge >= 0.3 is 0 Å². The lowest BCUT2D eigenvalue weighted by molar-refractivity contribution is 1.18. The van der Waals surface area contributed by atoms with Crippen molar-refractivity contribution in [2.24, 2.45) is 0 Å². The van der Waals surface area contributed by atoms with Crippen molar-refractivity contribution in [2.75, 3.05) is 4.90 Å². The van der Waals surface area contributed by atoms with Gasteiger partial charge in [0.25, 0.3) is 0 Å². The lowest BCUT2D eigenvalue weighted by Crippen LogP contribution is -2.10. The molecule has 1 N–H and O–H groups in total. The van der Waals surface area contributed by atoms with Gasteiger partial charge in [-0.25, -0.2) is 0 Å². The SMILES string of the molecule is c1ccc(N(c2ccccc2)c2cc(-c3ccc(-n4c5ccccc5c5ccccc54)cc3)cc3c2[nH]c2ccccc23)cc1. The Morgan fingerprint density at radius 2 is 0.956 bits per heavy atom. The molecule has 212 valence electrons. The molecule has 0 bridgehead atoms. The first kappa shape index (κ1) is 25.4. The summed E-state index contributed by atoms with van der Waals surface area (Å²) in [6.45, 7) is 0. The standard InChI is InChI=1S/C42H29N3/c1-3-13-31(14-4-1)44(32-15-5-2-6-16-32)41-28-30(27-37-34-17-7-10-20-38(34)43-42(37)41)29-23-25-33(26-24-29)45-39-21-11-8-18-35(39)36-19-9-12-22-40(36)45/h1-28,43H. The smallest absolute Gasteiger partial charge is 0.0710 e. The van der Waals surface area contributed by atoms with Crippen molar-refractivity contribution in [3.05, 3.63) is 170 Å². The number of rotatable bonds is 5. The van der Waals surface area contributed by atoms with Gasteiger partial charge in [-0.05, 0) is 77.9 Å². The first-order valence-corrected chi connectivity index (χ1v) is 15.4. The Hall–Kier alpha value is -6.06. The molecule has 0 aliphatic heterocycles. The Bertz CT molecular complexity index is 2380. The number of hydrogen-bond donors (Lipinski definition) is 1. The topological polar surface area (TPSA) is 24.0 Å². The van der Waals surface area contributed by atoms with Crippen molar-refractivity contribution in [3.63, 3.8) is 0 Å². The van der Waals surface area contributed by atoms with E-state index in [0.29, 0.717) is 0 Å². The van der Waals surface area contributed by atoms with E-state index in [4.69, 9.17) is 0 Å². The zero-order chi connectivity index (χ0) is 29.7. The monoisotopic (exact) mass is 575 g/mol. The van der Waals surface area contributed by atoms with E-state index in [0.717, 1.165) is 33.8 Å². The van der Waals surface area contributed by atoms with Crippen molar-refractivity contribution in [2.45, 2.75) is 0 Å². The molecule has 0 aliphatic carbocycles. The highest BCUT2D eigenvalue weighted by molar-refractivity contribution is 6.14. The fourth-order valence-electron chi connectivity index (χ4n) is 6.86. The third kappa shape index (κ3) is 4.13. The summed E-state index contributed by atoms with van der Waals surface area (Å²) in [6.07, 6.45) is 0. The highest BCUT2D eigenvalue weighted by Crippen LogP contribution is 2.43. The maximum atomic E-state index is 3.76. The van der Waals surface area contributed by atoms with Crippen molar-refractivity contribution in [1.29, 1.82) is 0 Å². The number of para-hydroxylation sites is 5. The molecule has 0 unspecified atom stereocenters. The zero-order valence-corrected chi connectivity index (χ0v) is 24.6. The summed E-state index contributed by atoms with van der Waals surface area (Å²) in [4.78, 5) is 6.12. The Kier molecular flexibility index (Phi) is 5.82. The molecule has 0 atom stereocenters. The van der Waals surface area contributed by atoms with E-state index in [1.807, 2.05) is 0 Å². The van der Waals surface area contributed by atoms with E-state index in [1.165, 1.54) is 43.7 Å². The van der Waals surface area contributed by atoms with E-state index in [2.05, 4.69) is 184 Å². The van der Waals surface area contributed by atoms with Crippen LogP contribution in [0.5, 0.6) is 0 Å². The summed E-state index contributed by atoms with van der Waals surface area (Å²) in [7, 11) is 0. The number of anilines is 3. The molecule has 0 spiro atoms. The molecular weight excluding hydrogens is 546 g/mol. The summed E-state index contributed by atoms with van der Waals surface area (Å²) < 4.78 is 2.37. The maximum absolute atomic E-state index is 3.76. The van der Waals surface area contributed by atoms with E-state index < -0.39 is 0 Å². The minimum atomic E-state index is 1.11. The van der Waals surface area contributed by atoms with Gasteiger partial charge < -0.3 is 14.5 Å². The van der Waals surface area contributed by atoms with Gasteiger partial charge in [0, 0.05) is 44.1 Å². The molecule has 7 aromatic carbocycles. The fraction of sp³-hybridized carbons (Fsp3) is 0. The van der Waals surface area contributed by atoms with E-state index in [1.54, 1.807) is 0 Å². The van der Waals surface area contributed by atoms with Crippen molar-refractivity contribution < 1.29 is 0 Å². The van der Waals surface area contributed by atoms with Gasteiger partial charge in [0.05, 0.1) is 22.2 Å². The molecule has 45 heavy (non-hydrogen) atoms. The predicted octanol–water partition coefficient (Wildman–Crippen LogP) is 11.6. The molecule has 2 heterocycles. The molecule has 0 saturated carbocycles. The first-order valence-electron chi connectivity index (χ1n) is 15.4. The van der Waals surface area contributed by atoms with Gasteiger partial charge in [0.1, 0.15) is 0 Å². The Morgan fingerprint density at radius 1 is 0.422 bits per heavy atom. The van der Waals surface area contributed by atoms with Crippen LogP contribution >= 0.6 is 0 Å². The molecule has 2 aromatic heterocycles. The molecule has 3 nitrogen and oxygen atoms in total. The van der Waals surface area contributed by atoms with Crippen molar-refractivity contribution >= 4 is 60.7 Å². The molecule has 0 aliphatic rings. The summed E-state index contributed by atoms with van der Waals surface area (Å²) in [6, 6.07) is 60.8. The van der Waals surface area contributed by atoms with Crippen LogP contribution in [0.15, 0.2) is 170 Å². The van der Waals surface area contributed by atoms with E-state index in [-0.39, 0.29) is 0 Å². The summed E-state index contributed by atoms with van der Waals surface area (Å²) in [5.41, 5.74) is 11.5. The average Bonchev–Trinajstić information content (AvgIpc) is 3.66. The van der Waals surface area contributed by atoms with Crippen molar-refractivity contribution in [3.8, 4) is 16.8 Å². The number of aromatic nitrogens is 2. The third-order valence-corrected chi connectivity index (χ3v) is 8.90. The normalized spacial score (nSPS) is 11.6.